The summed E-state index contributed by atoms with van der Waals surface area (Å²) in [4.78, 5) is 2.23. The maximum Gasteiger partial charge on any atom is 0.127 e. The highest BCUT2D eigenvalue weighted by molar-refractivity contribution is 5.85. The maximum atomic E-state index is 13.0. The molecule has 1 aliphatic rings. The zero-order valence-corrected chi connectivity index (χ0v) is 10.4. The van der Waals surface area contributed by atoms with Gasteiger partial charge in [-0.3, -0.25) is 4.90 Å². The van der Waals surface area contributed by atoms with Crippen molar-refractivity contribution in [2.75, 3.05) is 13.1 Å². The van der Waals surface area contributed by atoms with Crippen LogP contribution in [-0.4, -0.2) is 29.1 Å². The molecule has 0 amide bonds. The van der Waals surface area contributed by atoms with Crippen LogP contribution in [0.1, 0.15) is 18.4 Å². The van der Waals surface area contributed by atoms with Crippen LogP contribution in [0.25, 0.3) is 0 Å². The van der Waals surface area contributed by atoms with Gasteiger partial charge in [0, 0.05) is 18.7 Å². The normalized spacial score (nSPS) is 17.8. The van der Waals surface area contributed by atoms with E-state index in [9.17, 15) is 9.50 Å². The minimum absolute atomic E-state index is 0. The average Bonchev–Trinajstić information content (AvgIpc) is 2.20. The van der Waals surface area contributed by atoms with Crippen LogP contribution >= 0.6 is 12.4 Å². The highest BCUT2D eigenvalue weighted by Gasteiger charge is 2.16. The molecule has 0 unspecified atom stereocenters. The van der Waals surface area contributed by atoms with Gasteiger partial charge in [-0.25, -0.2) is 4.39 Å². The molecule has 0 aliphatic carbocycles. The summed E-state index contributed by atoms with van der Waals surface area (Å²) in [6.45, 7) is 2.56. The molecule has 5 heteroatoms. The number of phenolic OH excluding ortho intramolecular Hbond substituents is 1. The van der Waals surface area contributed by atoms with E-state index in [1.54, 1.807) is 6.07 Å². The smallest absolute Gasteiger partial charge is 0.127 e. The van der Waals surface area contributed by atoms with E-state index >= 15 is 0 Å². The van der Waals surface area contributed by atoms with Gasteiger partial charge in [-0.05, 0) is 43.6 Å². The van der Waals surface area contributed by atoms with Crippen molar-refractivity contribution in [3.63, 3.8) is 0 Å². The van der Waals surface area contributed by atoms with Crippen LogP contribution in [0, 0.1) is 5.82 Å². The van der Waals surface area contributed by atoms with Crippen molar-refractivity contribution in [1.29, 1.82) is 0 Å². The molecule has 2 rings (SSSR count). The van der Waals surface area contributed by atoms with E-state index in [1.165, 1.54) is 6.07 Å². The topological polar surface area (TPSA) is 49.5 Å². The fourth-order valence-electron chi connectivity index (χ4n) is 2.09. The number of hydrogen-bond acceptors (Lipinski definition) is 3. The van der Waals surface area contributed by atoms with Gasteiger partial charge < -0.3 is 10.8 Å². The first-order chi connectivity index (χ1) is 7.63. The van der Waals surface area contributed by atoms with Gasteiger partial charge in [0.05, 0.1) is 0 Å². The molecule has 0 radical (unpaired) electrons. The van der Waals surface area contributed by atoms with Crippen molar-refractivity contribution in [3.05, 3.63) is 29.6 Å². The van der Waals surface area contributed by atoms with Gasteiger partial charge in [-0.1, -0.05) is 0 Å². The lowest BCUT2D eigenvalue weighted by atomic mass is 10.1. The molecular formula is C12H18ClFN2O. The number of nitrogens with two attached hydrogens (primary N) is 1. The van der Waals surface area contributed by atoms with Gasteiger partial charge in [0.2, 0.25) is 0 Å². The van der Waals surface area contributed by atoms with Crippen LogP contribution in [0.3, 0.4) is 0 Å². The third kappa shape index (κ3) is 4.15. The van der Waals surface area contributed by atoms with Crippen LogP contribution in [-0.2, 0) is 6.54 Å². The van der Waals surface area contributed by atoms with Crippen LogP contribution in [0.4, 0.5) is 4.39 Å². The van der Waals surface area contributed by atoms with Gasteiger partial charge in [0.25, 0.3) is 0 Å². The lowest BCUT2D eigenvalue weighted by Gasteiger charge is -2.30. The van der Waals surface area contributed by atoms with Gasteiger partial charge in [0.15, 0.2) is 0 Å². The third-order valence-electron chi connectivity index (χ3n) is 2.98. The minimum atomic E-state index is -0.385. The van der Waals surface area contributed by atoms with Crippen molar-refractivity contribution in [2.24, 2.45) is 5.73 Å². The maximum absolute atomic E-state index is 13.0. The molecule has 1 aliphatic heterocycles. The first kappa shape index (κ1) is 14.2. The van der Waals surface area contributed by atoms with Crippen molar-refractivity contribution >= 4 is 12.4 Å². The van der Waals surface area contributed by atoms with Gasteiger partial charge in [-0.2, -0.15) is 0 Å². The van der Waals surface area contributed by atoms with E-state index in [2.05, 4.69) is 4.90 Å². The molecule has 3 nitrogen and oxygen atoms in total. The van der Waals surface area contributed by atoms with E-state index in [0.717, 1.165) is 37.6 Å². The number of halogens is 2. The Morgan fingerprint density at radius 1 is 1.29 bits per heavy atom. The monoisotopic (exact) mass is 260 g/mol. The van der Waals surface area contributed by atoms with Crippen LogP contribution < -0.4 is 5.73 Å². The fourth-order valence-corrected chi connectivity index (χ4v) is 2.09. The largest absolute Gasteiger partial charge is 0.508 e. The Bertz CT molecular complexity index is 347. The Kier molecular flexibility index (Phi) is 5.18. The van der Waals surface area contributed by atoms with E-state index in [1.807, 2.05) is 0 Å². The lowest BCUT2D eigenvalue weighted by Crippen LogP contribution is -2.39. The second-order valence-electron chi connectivity index (χ2n) is 4.43. The molecule has 1 fully saturated rings. The summed E-state index contributed by atoms with van der Waals surface area (Å²) < 4.78 is 13.0. The lowest BCUT2D eigenvalue weighted by molar-refractivity contribution is 0.205. The molecule has 3 N–H and O–H groups in total. The average molecular weight is 261 g/mol. The molecule has 1 heterocycles. The second kappa shape index (κ2) is 6.19. The van der Waals surface area contributed by atoms with Gasteiger partial charge >= 0.3 is 0 Å². The number of hydrogen-bond donors (Lipinski definition) is 2. The number of piperidine rings is 1. The highest BCUT2D eigenvalue weighted by Crippen LogP contribution is 2.18. The summed E-state index contributed by atoms with van der Waals surface area (Å²) in [5.41, 5.74) is 6.62. The quantitative estimate of drug-likeness (QED) is 0.854. The fraction of sp³-hybridized carbons (Fsp3) is 0.500. The predicted octanol–water partition coefficient (Wildman–Crippen LogP) is 1.88. The Labute approximate surface area is 107 Å². The molecule has 96 valence electrons. The van der Waals surface area contributed by atoms with Crippen molar-refractivity contribution in [1.82, 2.24) is 4.90 Å². The summed E-state index contributed by atoms with van der Waals surface area (Å²) >= 11 is 0. The molecule has 1 aromatic rings. The van der Waals surface area contributed by atoms with Crippen LogP contribution in [0.5, 0.6) is 5.75 Å². The van der Waals surface area contributed by atoms with E-state index < -0.39 is 0 Å². The predicted molar refractivity (Wildman–Crippen MR) is 67.8 cm³/mol. The Morgan fingerprint density at radius 3 is 2.53 bits per heavy atom. The zero-order chi connectivity index (χ0) is 11.5. The van der Waals surface area contributed by atoms with Gasteiger partial charge in [0.1, 0.15) is 11.6 Å². The minimum Gasteiger partial charge on any atom is -0.508 e. The summed E-state index contributed by atoms with van der Waals surface area (Å²) in [6.07, 6.45) is 1.97. The van der Waals surface area contributed by atoms with E-state index in [-0.39, 0.29) is 24.0 Å². The Hall–Kier alpha value is -0.840. The van der Waals surface area contributed by atoms with E-state index in [0.29, 0.717) is 12.6 Å². The second-order valence-corrected chi connectivity index (χ2v) is 4.43. The van der Waals surface area contributed by atoms with Crippen molar-refractivity contribution < 1.29 is 9.50 Å². The number of phenols is 1. The summed E-state index contributed by atoms with van der Waals surface area (Å²) in [5, 5.41) is 9.29. The summed E-state index contributed by atoms with van der Waals surface area (Å²) in [6, 6.07) is 4.50. The Balaban J connectivity index is 0.00000144. The molecular weight excluding hydrogens is 243 g/mol. The number of nitrogens with zero attached hydrogens (tertiary/aromatic N) is 1. The molecule has 1 saturated heterocycles. The SMILES string of the molecule is Cl.NC1CCN(Cc2cc(O)cc(F)c2)CC1. The van der Waals surface area contributed by atoms with Crippen LogP contribution in [0.2, 0.25) is 0 Å². The van der Waals surface area contributed by atoms with Crippen molar-refractivity contribution in [3.8, 4) is 5.75 Å². The van der Waals surface area contributed by atoms with Crippen molar-refractivity contribution in [2.45, 2.75) is 25.4 Å². The summed E-state index contributed by atoms with van der Waals surface area (Å²) in [7, 11) is 0. The first-order valence-electron chi connectivity index (χ1n) is 5.60. The standard InChI is InChI=1S/C12H17FN2O.ClH/c13-10-5-9(6-12(16)7-10)8-15-3-1-11(14)2-4-15;/h5-7,11,16H,1-4,8,14H2;1H. The Morgan fingerprint density at radius 2 is 1.94 bits per heavy atom. The number of benzene rings is 1. The summed E-state index contributed by atoms with van der Waals surface area (Å²) in [5.74, 6) is -0.396. The number of likely N-dealkylation sites (tertiary alicyclic amines) is 1. The molecule has 0 spiro atoms. The van der Waals surface area contributed by atoms with Gasteiger partial charge in [-0.15, -0.1) is 12.4 Å². The third-order valence-corrected chi connectivity index (χ3v) is 2.98. The first-order valence-corrected chi connectivity index (χ1v) is 5.60. The molecule has 0 bridgehead atoms. The molecule has 0 saturated carbocycles. The van der Waals surface area contributed by atoms with Crippen LogP contribution in [0.15, 0.2) is 18.2 Å². The molecule has 17 heavy (non-hydrogen) atoms. The zero-order valence-electron chi connectivity index (χ0n) is 9.60. The highest BCUT2D eigenvalue weighted by atomic mass is 35.5. The molecule has 1 aromatic carbocycles. The van der Waals surface area contributed by atoms with E-state index in [4.69, 9.17) is 5.73 Å². The number of aromatic hydroxyl groups is 1. The molecule has 0 aromatic heterocycles. The number of rotatable bonds is 2. The molecule has 0 atom stereocenters.